The molecule has 0 bridgehead atoms. The molecular formula is C21H25ClN2O3. The fourth-order valence-corrected chi connectivity index (χ4v) is 2.87. The summed E-state index contributed by atoms with van der Waals surface area (Å²) < 4.78 is 5.56. The van der Waals surface area contributed by atoms with E-state index in [0.29, 0.717) is 35.1 Å². The highest BCUT2D eigenvalue weighted by Crippen LogP contribution is 2.25. The molecule has 6 heteroatoms. The SMILES string of the molecule is CCN(CC)C(=O)c1cccc(NC(=O)COc2cc(C)c(Cl)c(C)c2)c1. The molecule has 144 valence electrons. The van der Waals surface area contributed by atoms with Crippen molar-refractivity contribution in [2.24, 2.45) is 0 Å². The van der Waals surface area contributed by atoms with Crippen LogP contribution in [0.4, 0.5) is 5.69 Å². The molecule has 0 fully saturated rings. The molecule has 2 rings (SSSR count). The number of hydrogen-bond donors (Lipinski definition) is 1. The standard InChI is InChI=1S/C21H25ClN2O3/c1-5-24(6-2)21(26)16-8-7-9-17(12-16)23-19(25)13-27-18-10-14(3)20(22)15(4)11-18/h7-12H,5-6,13H2,1-4H3,(H,23,25). The largest absolute Gasteiger partial charge is 0.484 e. The first-order chi connectivity index (χ1) is 12.8. The molecular weight excluding hydrogens is 364 g/mol. The van der Waals surface area contributed by atoms with Crippen molar-refractivity contribution in [3.05, 3.63) is 58.1 Å². The molecule has 0 aliphatic rings. The second-order valence-electron chi connectivity index (χ2n) is 6.27. The summed E-state index contributed by atoms with van der Waals surface area (Å²) >= 11 is 6.14. The predicted octanol–water partition coefficient (Wildman–Crippen LogP) is 4.46. The minimum atomic E-state index is -0.298. The number of halogens is 1. The van der Waals surface area contributed by atoms with Gasteiger partial charge in [0.25, 0.3) is 11.8 Å². The van der Waals surface area contributed by atoms with Crippen LogP contribution in [0.25, 0.3) is 0 Å². The average molecular weight is 389 g/mol. The van der Waals surface area contributed by atoms with E-state index in [1.165, 1.54) is 0 Å². The third-order valence-corrected chi connectivity index (χ3v) is 4.82. The summed E-state index contributed by atoms with van der Waals surface area (Å²) in [6, 6.07) is 10.5. The number of carbonyl (C=O) groups excluding carboxylic acids is 2. The lowest BCUT2D eigenvalue weighted by Gasteiger charge is -2.19. The van der Waals surface area contributed by atoms with Crippen molar-refractivity contribution >= 4 is 29.1 Å². The molecule has 0 radical (unpaired) electrons. The van der Waals surface area contributed by atoms with Crippen molar-refractivity contribution in [2.45, 2.75) is 27.7 Å². The normalized spacial score (nSPS) is 10.4. The number of nitrogens with one attached hydrogen (secondary N) is 1. The summed E-state index contributed by atoms with van der Waals surface area (Å²) in [5, 5.41) is 3.46. The highest BCUT2D eigenvalue weighted by molar-refractivity contribution is 6.32. The van der Waals surface area contributed by atoms with E-state index in [1.807, 2.05) is 27.7 Å². The van der Waals surface area contributed by atoms with Gasteiger partial charge in [-0.05, 0) is 69.2 Å². The zero-order valence-electron chi connectivity index (χ0n) is 16.1. The zero-order chi connectivity index (χ0) is 20.0. The maximum atomic E-state index is 12.4. The second-order valence-corrected chi connectivity index (χ2v) is 6.64. The molecule has 0 heterocycles. The third kappa shape index (κ3) is 5.47. The van der Waals surface area contributed by atoms with Crippen LogP contribution in [0.3, 0.4) is 0 Å². The lowest BCUT2D eigenvalue weighted by Crippen LogP contribution is -2.30. The lowest BCUT2D eigenvalue weighted by atomic mass is 10.1. The van der Waals surface area contributed by atoms with E-state index >= 15 is 0 Å². The van der Waals surface area contributed by atoms with E-state index in [9.17, 15) is 9.59 Å². The van der Waals surface area contributed by atoms with Crippen LogP contribution in [0.2, 0.25) is 5.02 Å². The Morgan fingerprint density at radius 2 is 1.70 bits per heavy atom. The van der Waals surface area contributed by atoms with Crippen LogP contribution in [0.5, 0.6) is 5.75 Å². The predicted molar refractivity (Wildman–Crippen MR) is 109 cm³/mol. The van der Waals surface area contributed by atoms with Gasteiger partial charge in [-0.25, -0.2) is 0 Å². The van der Waals surface area contributed by atoms with Crippen LogP contribution in [-0.2, 0) is 4.79 Å². The molecule has 2 amide bonds. The monoisotopic (exact) mass is 388 g/mol. The van der Waals surface area contributed by atoms with E-state index in [0.717, 1.165) is 11.1 Å². The molecule has 2 aromatic rings. The Balaban J connectivity index is 2.00. The van der Waals surface area contributed by atoms with Crippen molar-refractivity contribution in [3.8, 4) is 5.75 Å². The van der Waals surface area contributed by atoms with Crippen molar-refractivity contribution in [1.29, 1.82) is 0 Å². The van der Waals surface area contributed by atoms with Crippen LogP contribution in [-0.4, -0.2) is 36.4 Å². The maximum Gasteiger partial charge on any atom is 0.262 e. The molecule has 0 unspecified atom stereocenters. The van der Waals surface area contributed by atoms with Crippen LogP contribution in [0, 0.1) is 13.8 Å². The molecule has 0 aromatic heterocycles. The fourth-order valence-electron chi connectivity index (χ4n) is 2.76. The van der Waals surface area contributed by atoms with Gasteiger partial charge in [-0.1, -0.05) is 17.7 Å². The van der Waals surface area contributed by atoms with Crippen molar-refractivity contribution in [3.63, 3.8) is 0 Å². The van der Waals surface area contributed by atoms with Crippen LogP contribution >= 0.6 is 11.6 Å². The Labute approximate surface area is 165 Å². The number of carbonyl (C=O) groups is 2. The smallest absolute Gasteiger partial charge is 0.262 e. The van der Waals surface area contributed by atoms with Gasteiger partial charge in [-0.15, -0.1) is 0 Å². The van der Waals surface area contributed by atoms with Crippen LogP contribution in [0.15, 0.2) is 36.4 Å². The quantitative estimate of drug-likeness (QED) is 0.761. The Bertz CT molecular complexity index is 809. The Hall–Kier alpha value is -2.53. The number of hydrogen-bond acceptors (Lipinski definition) is 3. The van der Waals surface area contributed by atoms with Gasteiger partial charge in [0.15, 0.2) is 6.61 Å². The Morgan fingerprint density at radius 3 is 2.30 bits per heavy atom. The number of amides is 2. The summed E-state index contributed by atoms with van der Waals surface area (Å²) in [7, 11) is 0. The van der Waals surface area contributed by atoms with E-state index < -0.39 is 0 Å². The minimum Gasteiger partial charge on any atom is -0.484 e. The highest BCUT2D eigenvalue weighted by Gasteiger charge is 2.13. The summed E-state index contributed by atoms with van der Waals surface area (Å²) in [6.07, 6.45) is 0. The summed E-state index contributed by atoms with van der Waals surface area (Å²) in [5.41, 5.74) is 2.90. The number of aryl methyl sites for hydroxylation is 2. The van der Waals surface area contributed by atoms with Gasteiger partial charge in [0.05, 0.1) is 0 Å². The van der Waals surface area contributed by atoms with Crippen LogP contribution < -0.4 is 10.1 Å². The van der Waals surface area contributed by atoms with Gasteiger partial charge >= 0.3 is 0 Å². The summed E-state index contributed by atoms with van der Waals surface area (Å²) in [4.78, 5) is 26.3. The molecule has 0 saturated heterocycles. The number of anilines is 1. The van der Waals surface area contributed by atoms with Gasteiger partial charge in [0.1, 0.15) is 5.75 Å². The van der Waals surface area contributed by atoms with Crippen LogP contribution in [0.1, 0.15) is 35.3 Å². The summed E-state index contributed by atoms with van der Waals surface area (Å²) in [5.74, 6) is 0.238. The third-order valence-electron chi connectivity index (χ3n) is 4.22. The molecule has 1 N–H and O–H groups in total. The fraction of sp³-hybridized carbons (Fsp3) is 0.333. The van der Waals surface area contributed by atoms with E-state index in [-0.39, 0.29) is 18.4 Å². The van der Waals surface area contributed by atoms with Gasteiger partial charge < -0.3 is 15.0 Å². The van der Waals surface area contributed by atoms with Gasteiger partial charge in [0.2, 0.25) is 0 Å². The number of benzene rings is 2. The van der Waals surface area contributed by atoms with E-state index in [1.54, 1.807) is 41.3 Å². The number of rotatable bonds is 7. The molecule has 0 spiro atoms. The topological polar surface area (TPSA) is 58.6 Å². The minimum absolute atomic E-state index is 0.0561. The highest BCUT2D eigenvalue weighted by atomic mass is 35.5. The molecule has 0 saturated carbocycles. The lowest BCUT2D eigenvalue weighted by molar-refractivity contribution is -0.118. The number of nitrogens with zero attached hydrogens (tertiary/aromatic N) is 1. The van der Waals surface area contributed by atoms with Crippen molar-refractivity contribution < 1.29 is 14.3 Å². The molecule has 0 aliphatic carbocycles. The Kier molecular flexibility index (Phi) is 7.25. The first kappa shape index (κ1) is 20.8. The van der Waals surface area contributed by atoms with E-state index in [4.69, 9.17) is 16.3 Å². The zero-order valence-corrected chi connectivity index (χ0v) is 16.9. The molecule has 2 aromatic carbocycles. The first-order valence-electron chi connectivity index (χ1n) is 8.94. The van der Waals surface area contributed by atoms with Gasteiger partial charge in [-0.2, -0.15) is 0 Å². The Morgan fingerprint density at radius 1 is 1.07 bits per heavy atom. The molecule has 0 aliphatic heterocycles. The molecule has 0 atom stereocenters. The molecule has 5 nitrogen and oxygen atoms in total. The second kappa shape index (κ2) is 9.42. The van der Waals surface area contributed by atoms with Crippen molar-refractivity contribution in [2.75, 3.05) is 25.0 Å². The van der Waals surface area contributed by atoms with E-state index in [2.05, 4.69) is 5.32 Å². The summed E-state index contributed by atoms with van der Waals surface area (Å²) in [6.45, 7) is 8.80. The average Bonchev–Trinajstić information content (AvgIpc) is 2.65. The van der Waals surface area contributed by atoms with Crippen molar-refractivity contribution in [1.82, 2.24) is 4.90 Å². The maximum absolute atomic E-state index is 12.4. The van der Waals surface area contributed by atoms with Gasteiger partial charge in [-0.3, -0.25) is 9.59 Å². The first-order valence-corrected chi connectivity index (χ1v) is 9.32. The number of ether oxygens (including phenoxy) is 1. The molecule has 27 heavy (non-hydrogen) atoms. The van der Waals surface area contributed by atoms with Gasteiger partial charge in [0, 0.05) is 29.4 Å².